The van der Waals surface area contributed by atoms with E-state index in [1.165, 1.54) is 11.8 Å². The van der Waals surface area contributed by atoms with E-state index in [9.17, 15) is 9.59 Å². The molecule has 0 radical (unpaired) electrons. The van der Waals surface area contributed by atoms with Crippen molar-refractivity contribution in [3.8, 4) is 0 Å². The van der Waals surface area contributed by atoms with Crippen LogP contribution in [0.15, 0.2) is 23.1 Å². The van der Waals surface area contributed by atoms with Gasteiger partial charge in [-0.2, -0.15) is 0 Å². The highest BCUT2D eigenvalue weighted by Gasteiger charge is 2.20. The van der Waals surface area contributed by atoms with E-state index in [1.807, 2.05) is 12.1 Å². The highest BCUT2D eigenvalue weighted by Crippen LogP contribution is 2.31. The molecule has 1 heterocycles. The Kier molecular flexibility index (Phi) is 3.91. The molecule has 5 heteroatoms. The number of carboxylic acids is 1. The maximum Gasteiger partial charge on any atom is 0.304 e. The van der Waals surface area contributed by atoms with Gasteiger partial charge in [0.15, 0.2) is 0 Å². The van der Waals surface area contributed by atoms with Crippen molar-refractivity contribution >= 4 is 29.3 Å². The molecule has 1 aromatic carbocycles. The van der Waals surface area contributed by atoms with Crippen molar-refractivity contribution in [2.24, 2.45) is 0 Å². The molecule has 0 aliphatic carbocycles. The minimum atomic E-state index is -0.772. The number of aryl methyl sites for hydroxylation is 1. The fourth-order valence-electron chi connectivity index (χ4n) is 1.98. The van der Waals surface area contributed by atoms with Gasteiger partial charge in [0.05, 0.1) is 6.42 Å². The van der Waals surface area contributed by atoms with E-state index in [0.29, 0.717) is 12.2 Å². The molecule has 0 aromatic heterocycles. The Labute approximate surface area is 110 Å². The summed E-state index contributed by atoms with van der Waals surface area (Å²) in [6, 6.07) is 5.95. The number of anilines is 1. The number of hydrogen-bond donors (Lipinski definition) is 1. The van der Waals surface area contributed by atoms with Crippen LogP contribution in [0.2, 0.25) is 0 Å². The van der Waals surface area contributed by atoms with Crippen LogP contribution in [0.3, 0.4) is 0 Å². The number of nitrogens with zero attached hydrogens (tertiary/aromatic N) is 1. The topological polar surface area (TPSA) is 57.6 Å². The number of benzene rings is 1. The number of hydrogen-bond acceptors (Lipinski definition) is 3. The van der Waals surface area contributed by atoms with E-state index in [4.69, 9.17) is 5.11 Å². The SMILES string of the molecule is CN1C(=O)CCc2cc(SCCC(=O)O)ccc21. The highest BCUT2D eigenvalue weighted by atomic mass is 32.2. The van der Waals surface area contributed by atoms with Crippen LogP contribution in [0.1, 0.15) is 18.4 Å². The molecular weight excluding hydrogens is 250 g/mol. The summed E-state index contributed by atoms with van der Waals surface area (Å²) in [5.41, 5.74) is 2.13. The lowest BCUT2D eigenvalue weighted by Crippen LogP contribution is -2.30. The Morgan fingerprint density at radius 2 is 2.22 bits per heavy atom. The summed E-state index contributed by atoms with van der Waals surface area (Å²) < 4.78 is 0. The highest BCUT2D eigenvalue weighted by molar-refractivity contribution is 7.99. The van der Waals surface area contributed by atoms with Crippen LogP contribution in [0, 0.1) is 0 Å². The number of aliphatic carboxylic acids is 1. The van der Waals surface area contributed by atoms with Crippen molar-refractivity contribution in [1.29, 1.82) is 0 Å². The molecule has 1 amide bonds. The number of thioether (sulfide) groups is 1. The van der Waals surface area contributed by atoms with Crippen molar-refractivity contribution in [1.82, 2.24) is 0 Å². The van der Waals surface area contributed by atoms with Crippen molar-refractivity contribution in [2.45, 2.75) is 24.2 Å². The number of rotatable bonds is 4. The second kappa shape index (κ2) is 5.44. The van der Waals surface area contributed by atoms with Gasteiger partial charge in [-0.3, -0.25) is 9.59 Å². The fraction of sp³-hybridized carbons (Fsp3) is 0.385. The lowest BCUT2D eigenvalue weighted by Gasteiger charge is -2.26. The first kappa shape index (κ1) is 13.0. The minimum absolute atomic E-state index is 0.147. The van der Waals surface area contributed by atoms with Gasteiger partial charge in [-0.15, -0.1) is 11.8 Å². The Hall–Kier alpha value is -1.49. The number of carbonyl (C=O) groups excluding carboxylic acids is 1. The first-order chi connectivity index (χ1) is 8.58. The molecule has 18 heavy (non-hydrogen) atoms. The lowest BCUT2D eigenvalue weighted by atomic mass is 10.0. The van der Waals surface area contributed by atoms with E-state index in [2.05, 4.69) is 6.07 Å². The number of carbonyl (C=O) groups is 2. The Balaban J connectivity index is 2.08. The minimum Gasteiger partial charge on any atom is -0.481 e. The van der Waals surface area contributed by atoms with Crippen LogP contribution in [-0.2, 0) is 16.0 Å². The third-order valence-electron chi connectivity index (χ3n) is 2.98. The Bertz CT molecular complexity index is 487. The molecule has 96 valence electrons. The van der Waals surface area contributed by atoms with E-state index in [0.717, 1.165) is 22.6 Å². The smallest absolute Gasteiger partial charge is 0.304 e. The summed E-state index contributed by atoms with van der Waals surface area (Å²) in [5, 5.41) is 8.59. The number of carboxylic acid groups (broad SMARTS) is 1. The molecule has 2 rings (SSSR count). The summed E-state index contributed by atoms with van der Waals surface area (Å²) in [6.45, 7) is 0. The lowest BCUT2D eigenvalue weighted by molar-refractivity contribution is -0.136. The van der Waals surface area contributed by atoms with Gasteiger partial charge >= 0.3 is 5.97 Å². The zero-order chi connectivity index (χ0) is 13.1. The first-order valence-electron chi connectivity index (χ1n) is 5.82. The van der Waals surface area contributed by atoms with Crippen LogP contribution >= 0.6 is 11.8 Å². The Morgan fingerprint density at radius 1 is 1.44 bits per heavy atom. The average Bonchev–Trinajstić information content (AvgIpc) is 2.33. The summed E-state index contributed by atoms with van der Waals surface area (Å²) in [6.07, 6.45) is 1.48. The molecule has 0 fully saturated rings. The predicted octanol–water partition coefficient (Wildman–Crippen LogP) is 2.16. The third-order valence-corrected chi connectivity index (χ3v) is 3.97. The third kappa shape index (κ3) is 2.85. The zero-order valence-corrected chi connectivity index (χ0v) is 11.0. The molecule has 0 atom stereocenters. The second-order valence-corrected chi connectivity index (χ2v) is 5.40. The van der Waals surface area contributed by atoms with E-state index < -0.39 is 5.97 Å². The maximum absolute atomic E-state index is 11.5. The summed E-state index contributed by atoms with van der Waals surface area (Å²) in [7, 11) is 1.79. The molecule has 0 saturated heterocycles. The maximum atomic E-state index is 11.5. The molecule has 1 aliphatic heterocycles. The quantitative estimate of drug-likeness (QED) is 0.848. The molecule has 0 spiro atoms. The van der Waals surface area contributed by atoms with Crippen LogP contribution in [-0.4, -0.2) is 29.8 Å². The van der Waals surface area contributed by atoms with Crippen LogP contribution in [0.4, 0.5) is 5.69 Å². The van der Waals surface area contributed by atoms with Gasteiger partial charge in [0, 0.05) is 29.8 Å². The van der Waals surface area contributed by atoms with Gasteiger partial charge in [-0.1, -0.05) is 0 Å². The molecule has 0 bridgehead atoms. The Morgan fingerprint density at radius 3 is 2.94 bits per heavy atom. The normalized spacial score (nSPS) is 14.5. The molecular formula is C13H15NO3S. The standard InChI is InChI=1S/C13H15NO3S/c1-14-11-4-3-10(18-7-6-13(16)17)8-9(11)2-5-12(14)15/h3-4,8H,2,5-7H2,1H3,(H,16,17). The van der Waals surface area contributed by atoms with Gasteiger partial charge < -0.3 is 10.0 Å². The molecule has 0 saturated carbocycles. The molecule has 1 aromatic rings. The largest absolute Gasteiger partial charge is 0.481 e. The second-order valence-electron chi connectivity index (χ2n) is 4.24. The van der Waals surface area contributed by atoms with E-state index in [1.54, 1.807) is 11.9 Å². The average molecular weight is 265 g/mol. The van der Waals surface area contributed by atoms with Crippen LogP contribution in [0.5, 0.6) is 0 Å². The monoisotopic (exact) mass is 265 g/mol. The summed E-state index contributed by atoms with van der Waals surface area (Å²) in [5.74, 6) is -0.0531. The van der Waals surface area contributed by atoms with Gasteiger partial charge in [-0.05, 0) is 30.2 Å². The number of amides is 1. The molecule has 4 nitrogen and oxygen atoms in total. The van der Waals surface area contributed by atoms with Crippen LogP contribution < -0.4 is 4.90 Å². The van der Waals surface area contributed by atoms with Gasteiger partial charge in [-0.25, -0.2) is 0 Å². The van der Waals surface area contributed by atoms with Gasteiger partial charge in [0.1, 0.15) is 0 Å². The van der Waals surface area contributed by atoms with Crippen molar-refractivity contribution in [2.75, 3.05) is 17.7 Å². The number of fused-ring (bicyclic) bond motifs is 1. The van der Waals surface area contributed by atoms with Crippen molar-refractivity contribution < 1.29 is 14.7 Å². The van der Waals surface area contributed by atoms with Crippen LogP contribution in [0.25, 0.3) is 0 Å². The summed E-state index contributed by atoms with van der Waals surface area (Å²) in [4.78, 5) is 24.7. The molecule has 0 unspecified atom stereocenters. The fourth-order valence-corrected chi connectivity index (χ4v) is 2.88. The predicted molar refractivity (Wildman–Crippen MR) is 71.1 cm³/mol. The van der Waals surface area contributed by atoms with E-state index in [-0.39, 0.29) is 12.3 Å². The van der Waals surface area contributed by atoms with Gasteiger partial charge in [0.2, 0.25) is 5.91 Å². The van der Waals surface area contributed by atoms with E-state index >= 15 is 0 Å². The summed E-state index contributed by atoms with van der Waals surface area (Å²) >= 11 is 1.54. The van der Waals surface area contributed by atoms with Crippen molar-refractivity contribution in [3.05, 3.63) is 23.8 Å². The van der Waals surface area contributed by atoms with Gasteiger partial charge in [0.25, 0.3) is 0 Å². The van der Waals surface area contributed by atoms with Crippen molar-refractivity contribution in [3.63, 3.8) is 0 Å². The zero-order valence-electron chi connectivity index (χ0n) is 10.2. The first-order valence-corrected chi connectivity index (χ1v) is 6.80. The molecule has 1 N–H and O–H groups in total. The molecule has 1 aliphatic rings.